The zero-order valence-electron chi connectivity index (χ0n) is 9.83. The number of carbonyl (C=O) groups is 1. The summed E-state index contributed by atoms with van der Waals surface area (Å²) in [6.45, 7) is 1.88. The predicted molar refractivity (Wildman–Crippen MR) is 69.5 cm³/mol. The molecule has 1 fully saturated rings. The van der Waals surface area contributed by atoms with Gasteiger partial charge in [0.05, 0.1) is 4.88 Å². The van der Waals surface area contributed by atoms with Gasteiger partial charge in [-0.3, -0.25) is 4.79 Å². The summed E-state index contributed by atoms with van der Waals surface area (Å²) < 4.78 is 10.9. The van der Waals surface area contributed by atoms with Crippen LogP contribution in [0.15, 0.2) is 36.4 Å². The number of hydrogen-bond donors (Lipinski definition) is 0. The van der Waals surface area contributed by atoms with Gasteiger partial charge >= 0.3 is 0 Å². The Hall–Kier alpha value is -1.49. The van der Waals surface area contributed by atoms with Crippen LogP contribution in [0.1, 0.15) is 28.4 Å². The van der Waals surface area contributed by atoms with Crippen molar-refractivity contribution in [2.24, 2.45) is 0 Å². The van der Waals surface area contributed by atoms with E-state index < -0.39 is 0 Å². The first-order valence-corrected chi connectivity index (χ1v) is 6.54. The van der Waals surface area contributed by atoms with Crippen molar-refractivity contribution < 1.29 is 14.3 Å². The Balaban J connectivity index is 1.81. The highest BCUT2D eigenvalue weighted by atomic mass is 32.1. The fourth-order valence-corrected chi connectivity index (χ4v) is 2.84. The third-order valence-electron chi connectivity index (χ3n) is 2.82. The second-order valence-corrected chi connectivity index (χ2v) is 5.23. The molecule has 0 atom stereocenters. The molecule has 92 valence electrons. The van der Waals surface area contributed by atoms with Gasteiger partial charge in [0.15, 0.2) is 12.6 Å². The quantitative estimate of drug-likeness (QED) is 0.791. The molecule has 0 saturated carbocycles. The van der Waals surface area contributed by atoms with E-state index in [9.17, 15) is 4.79 Å². The van der Waals surface area contributed by atoms with E-state index in [0.717, 1.165) is 21.6 Å². The molecule has 2 heterocycles. The molecule has 2 aromatic rings. The van der Waals surface area contributed by atoms with Crippen LogP contribution in [-0.2, 0) is 9.47 Å². The first-order valence-electron chi connectivity index (χ1n) is 5.72. The van der Waals surface area contributed by atoms with Gasteiger partial charge in [-0.25, -0.2) is 0 Å². The van der Waals surface area contributed by atoms with Crippen LogP contribution in [-0.4, -0.2) is 12.6 Å². The first kappa shape index (κ1) is 11.6. The van der Waals surface area contributed by atoms with Crippen molar-refractivity contribution >= 4 is 17.6 Å². The molecule has 1 aliphatic heterocycles. The van der Waals surface area contributed by atoms with Gasteiger partial charge in [0.25, 0.3) is 0 Å². The molecule has 1 saturated heterocycles. The van der Waals surface area contributed by atoms with E-state index in [1.807, 2.05) is 43.3 Å². The van der Waals surface area contributed by atoms with Gasteiger partial charge in [-0.1, -0.05) is 24.3 Å². The van der Waals surface area contributed by atoms with E-state index in [2.05, 4.69) is 0 Å². The fourth-order valence-electron chi connectivity index (χ4n) is 1.85. The number of hydrogen-bond acceptors (Lipinski definition) is 4. The lowest BCUT2D eigenvalue weighted by Gasteiger charge is -2.32. The smallest absolute Gasteiger partial charge is 0.198 e. The van der Waals surface area contributed by atoms with Crippen LogP contribution in [0.4, 0.5) is 0 Å². The maximum atomic E-state index is 10.6. The Morgan fingerprint density at radius 2 is 1.83 bits per heavy atom. The van der Waals surface area contributed by atoms with Crippen LogP contribution >= 0.6 is 11.3 Å². The second-order valence-electron chi connectivity index (χ2n) is 4.11. The molecular weight excluding hydrogens is 248 g/mol. The summed E-state index contributed by atoms with van der Waals surface area (Å²) in [6, 6.07) is 11.6. The van der Waals surface area contributed by atoms with Gasteiger partial charge in [-0.05, 0) is 24.6 Å². The minimum Gasteiger partial charge on any atom is -0.319 e. The van der Waals surface area contributed by atoms with E-state index >= 15 is 0 Å². The lowest BCUT2D eigenvalue weighted by molar-refractivity contribution is -0.381. The minimum atomic E-state index is -0.215. The van der Waals surface area contributed by atoms with Gasteiger partial charge in [0.1, 0.15) is 6.29 Å². The molecule has 0 spiro atoms. The van der Waals surface area contributed by atoms with Crippen molar-refractivity contribution in [1.29, 1.82) is 0 Å². The molecule has 3 rings (SSSR count). The van der Waals surface area contributed by atoms with Crippen molar-refractivity contribution in [2.45, 2.75) is 19.5 Å². The number of thiophene rings is 1. The normalized spacial score (nSPS) is 22.5. The van der Waals surface area contributed by atoms with Crippen molar-refractivity contribution in [2.75, 3.05) is 0 Å². The van der Waals surface area contributed by atoms with E-state index in [-0.39, 0.29) is 12.6 Å². The maximum absolute atomic E-state index is 10.6. The summed E-state index contributed by atoms with van der Waals surface area (Å²) >= 11 is 1.65. The molecule has 1 aromatic heterocycles. The van der Waals surface area contributed by atoms with Gasteiger partial charge in [-0.15, -0.1) is 11.3 Å². The topological polar surface area (TPSA) is 35.5 Å². The standard InChI is InChI=1S/C14H12O3S/c1-9-16-14(17-9)13-7-6-12(18-13)11-4-2-10(8-15)3-5-11/h2-9,14H,1H3. The Morgan fingerprint density at radius 3 is 2.44 bits per heavy atom. The molecule has 0 aliphatic carbocycles. The Morgan fingerprint density at radius 1 is 1.11 bits per heavy atom. The third kappa shape index (κ3) is 2.10. The van der Waals surface area contributed by atoms with Crippen molar-refractivity contribution in [3.8, 4) is 10.4 Å². The summed E-state index contributed by atoms with van der Waals surface area (Å²) in [5.74, 6) is 0. The largest absolute Gasteiger partial charge is 0.319 e. The molecule has 18 heavy (non-hydrogen) atoms. The molecule has 0 bridgehead atoms. The fraction of sp³-hybridized carbons (Fsp3) is 0.214. The highest BCUT2D eigenvalue weighted by Crippen LogP contribution is 2.38. The van der Waals surface area contributed by atoms with Crippen LogP contribution in [0, 0.1) is 0 Å². The van der Waals surface area contributed by atoms with Gasteiger partial charge in [-0.2, -0.15) is 0 Å². The lowest BCUT2D eigenvalue weighted by Crippen LogP contribution is -2.30. The summed E-state index contributed by atoms with van der Waals surface area (Å²) in [4.78, 5) is 12.8. The van der Waals surface area contributed by atoms with Crippen molar-refractivity contribution in [1.82, 2.24) is 0 Å². The molecule has 1 aromatic carbocycles. The van der Waals surface area contributed by atoms with Crippen LogP contribution < -0.4 is 0 Å². The predicted octanol–water partition coefficient (Wildman–Crippen LogP) is 3.62. The zero-order valence-corrected chi connectivity index (χ0v) is 10.6. The van der Waals surface area contributed by atoms with E-state index in [4.69, 9.17) is 9.47 Å². The highest BCUT2D eigenvalue weighted by molar-refractivity contribution is 7.15. The zero-order chi connectivity index (χ0) is 12.5. The summed E-state index contributed by atoms with van der Waals surface area (Å²) in [5.41, 5.74) is 1.79. The second kappa shape index (κ2) is 4.65. The summed E-state index contributed by atoms with van der Waals surface area (Å²) in [7, 11) is 0. The molecule has 0 amide bonds. The van der Waals surface area contributed by atoms with Gasteiger partial charge in [0.2, 0.25) is 0 Å². The summed E-state index contributed by atoms with van der Waals surface area (Å²) in [6.07, 6.45) is 0.529. The molecule has 4 heteroatoms. The Bertz CT molecular complexity index is 553. The SMILES string of the molecule is CC1OC(c2ccc(-c3ccc(C=O)cc3)s2)O1. The number of rotatable bonds is 3. The average molecular weight is 260 g/mol. The lowest BCUT2D eigenvalue weighted by atomic mass is 10.1. The minimum absolute atomic E-state index is 0.104. The molecular formula is C14H12O3S. The number of ether oxygens (including phenoxy) is 2. The van der Waals surface area contributed by atoms with E-state index in [0.29, 0.717) is 5.56 Å². The van der Waals surface area contributed by atoms with Crippen LogP contribution in [0.2, 0.25) is 0 Å². The molecule has 0 N–H and O–H groups in total. The third-order valence-corrected chi connectivity index (χ3v) is 3.98. The van der Waals surface area contributed by atoms with Crippen molar-refractivity contribution in [3.63, 3.8) is 0 Å². The average Bonchev–Trinajstić information content (AvgIpc) is 2.84. The van der Waals surface area contributed by atoms with Crippen LogP contribution in [0.3, 0.4) is 0 Å². The van der Waals surface area contributed by atoms with E-state index in [1.165, 1.54) is 0 Å². The Labute approximate surface area is 109 Å². The number of aldehydes is 1. The Kier molecular flexibility index (Phi) is 2.99. The molecule has 0 radical (unpaired) electrons. The molecule has 0 unspecified atom stereocenters. The van der Waals surface area contributed by atoms with Crippen LogP contribution in [0.5, 0.6) is 0 Å². The van der Waals surface area contributed by atoms with E-state index in [1.54, 1.807) is 11.3 Å². The van der Waals surface area contributed by atoms with Crippen LogP contribution in [0.25, 0.3) is 10.4 Å². The van der Waals surface area contributed by atoms with Gasteiger partial charge < -0.3 is 9.47 Å². The molecule has 1 aliphatic rings. The first-order chi connectivity index (χ1) is 8.76. The number of carbonyl (C=O) groups excluding carboxylic acids is 1. The summed E-state index contributed by atoms with van der Waals surface area (Å²) in [5, 5.41) is 0. The molecule has 3 nitrogen and oxygen atoms in total. The van der Waals surface area contributed by atoms with Crippen molar-refractivity contribution in [3.05, 3.63) is 46.8 Å². The van der Waals surface area contributed by atoms with Gasteiger partial charge in [0, 0.05) is 10.4 Å². The highest BCUT2D eigenvalue weighted by Gasteiger charge is 2.29. The maximum Gasteiger partial charge on any atom is 0.198 e. The number of benzene rings is 1. The monoisotopic (exact) mass is 260 g/mol.